The highest BCUT2D eigenvalue weighted by Crippen LogP contribution is 2.32. The summed E-state index contributed by atoms with van der Waals surface area (Å²) >= 11 is 0. The number of phenols is 1. The molecule has 0 radical (unpaired) electrons. The summed E-state index contributed by atoms with van der Waals surface area (Å²) in [5.41, 5.74) is 2.85. The van der Waals surface area contributed by atoms with Crippen molar-refractivity contribution in [2.75, 3.05) is 0 Å². The molecule has 2 aromatic rings. The third-order valence-corrected chi connectivity index (χ3v) is 3.48. The third-order valence-electron chi connectivity index (χ3n) is 3.48. The predicted octanol–water partition coefficient (Wildman–Crippen LogP) is 4.07. The molecule has 0 amide bonds. The Kier molecular flexibility index (Phi) is 4.57. The smallest absolute Gasteiger partial charge is 0.141 e. The number of ketones is 1. The molecule has 0 fully saturated rings. The van der Waals surface area contributed by atoms with E-state index in [4.69, 9.17) is 0 Å². The first kappa shape index (κ1) is 14.3. The van der Waals surface area contributed by atoms with E-state index < -0.39 is 5.92 Å². The Morgan fingerprint density at radius 2 is 1.90 bits per heavy atom. The number of aromatic hydroxyl groups is 1. The molecule has 0 aliphatic rings. The van der Waals surface area contributed by atoms with Crippen LogP contribution in [-0.4, -0.2) is 10.9 Å². The van der Waals surface area contributed by atoms with Crippen molar-refractivity contribution in [3.05, 3.63) is 65.2 Å². The van der Waals surface area contributed by atoms with Gasteiger partial charge in [0, 0.05) is 5.56 Å². The Hall–Kier alpha value is -2.09. The largest absolute Gasteiger partial charge is 0.508 e. The fourth-order valence-corrected chi connectivity index (χ4v) is 2.58. The zero-order chi connectivity index (χ0) is 14.5. The minimum absolute atomic E-state index is 0.0418. The number of carbonyl (C=O) groups is 1. The summed E-state index contributed by atoms with van der Waals surface area (Å²) in [7, 11) is 0. The molecule has 0 saturated heterocycles. The molecule has 1 atom stereocenters. The zero-order valence-electron chi connectivity index (χ0n) is 12.0. The monoisotopic (exact) mass is 268 g/mol. The van der Waals surface area contributed by atoms with Crippen LogP contribution in [0.4, 0.5) is 0 Å². The van der Waals surface area contributed by atoms with Gasteiger partial charge in [0.15, 0.2) is 0 Å². The van der Waals surface area contributed by atoms with Crippen LogP contribution in [-0.2, 0) is 11.2 Å². The molecule has 0 spiro atoms. The summed E-state index contributed by atoms with van der Waals surface area (Å²) in [5.74, 6) is -0.179. The van der Waals surface area contributed by atoms with Gasteiger partial charge in [0.05, 0.1) is 5.92 Å². The van der Waals surface area contributed by atoms with Gasteiger partial charge in [0.25, 0.3) is 0 Å². The van der Waals surface area contributed by atoms with Crippen LogP contribution in [0.5, 0.6) is 5.75 Å². The average molecular weight is 268 g/mol. The molecular formula is C18H20O2. The lowest BCUT2D eigenvalue weighted by molar-refractivity contribution is -0.117. The maximum absolute atomic E-state index is 12.1. The molecule has 0 saturated carbocycles. The number of aryl methyl sites for hydroxylation is 1. The number of Topliss-reactive ketones (excluding diaryl/α,β-unsaturated/α-hetero) is 1. The summed E-state index contributed by atoms with van der Waals surface area (Å²) in [4.78, 5) is 12.1. The Labute approximate surface area is 120 Å². The van der Waals surface area contributed by atoms with E-state index in [-0.39, 0.29) is 11.5 Å². The molecule has 0 aromatic heterocycles. The van der Waals surface area contributed by atoms with Crippen molar-refractivity contribution in [1.82, 2.24) is 0 Å². The van der Waals surface area contributed by atoms with Crippen molar-refractivity contribution in [3.63, 3.8) is 0 Å². The lowest BCUT2D eigenvalue weighted by Crippen LogP contribution is -2.11. The molecule has 1 N–H and O–H groups in total. The zero-order valence-corrected chi connectivity index (χ0v) is 12.0. The van der Waals surface area contributed by atoms with Gasteiger partial charge in [-0.3, -0.25) is 4.79 Å². The van der Waals surface area contributed by atoms with Crippen LogP contribution in [0.3, 0.4) is 0 Å². The highest BCUT2D eigenvalue weighted by Gasteiger charge is 2.21. The van der Waals surface area contributed by atoms with Gasteiger partial charge >= 0.3 is 0 Å². The standard InChI is InChI=1S/C18H20O2/c1-3-7-14-8-6-9-15(12-14)18(13(2)19)16-10-4-5-11-17(16)20/h4-6,8-12,18,20H,3,7H2,1-2H3. The molecule has 20 heavy (non-hydrogen) atoms. The van der Waals surface area contributed by atoms with Gasteiger partial charge in [-0.15, -0.1) is 0 Å². The summed E-state index contributed by atoms with van der Waals surface area (Å²) in [5, 5.41) is 10.0. The number of phenolic OH excluding ortho intramolecular Hbond substituents is 1. The van der Waals surface area contributed by atoms with Gasteiger partial charge in [0.2, 0.25) is 0 Å². The molecule has 2 heteroatoms. The molecule has 2 nitrogen and oxygen atoms in total. The van der Waals surface area contributed by atoms with Crippen molar-refractivity contribution in [2.24, 2.45) is 0 Å². The second-order valence-corrected chi connectivity index (χ2v) is 5.10. The van der Waals surface area contributed by atoms with Gasteiger partial charge in [-0.2, -0.15) is 0 Å². The maximum atomic E-state index is 12.1. The fraction of sp³-hybridized carbons (Fsp3) is 0.278. The van der Waals surface area contributed by atoms with E-state index in [1.54, 1.807) is 19.1 Å². The summed E-state index contributed by atoms with van der Waals surface area (Å²) in [6, 6.07) is 15.1. The van der Waals surface area contributed by atoms with Crippen LogP contribution >= 0.6 is 0 Å². The molecule has 0 heterocycles. The van der Waals surface area contributed by atoms with Crippen molar-refractivity contribution in [3.8, 4) is 5.75 Å². The summed E-state index contributed by atoms with van der Waals surface area (Å²) in [6.45, 7) is 3.71. The molecule has 2 aromatic carbocycles. The number of carbonyl (C=O) groups excluding carboxylic acids is 1. The Morgan fingerprint density at radius 3 is 2.55 bits per heavy atom. The number of rotatable bonds is 5. The van der Waals surface area contributed by atoms with Crippen LogP contribution in [0.2, 0.25) is 0 Å². The molecule has 2 rings (SSSR count). The number of para-hydroxylation sites is 1. The fourth-order valence-electron chi connectivity index (χ4n) is 2.58. The SMILES string of the molecule is CCCc1cccc(C(C(C)=O)c2ccccc2O)c1. The topological polar surface area (TPSA) is 37.3 Å². The van der Waals surface area contributed by atoms with Gasteiger partial charge in [-0.05, 0) is 30.5 Å². The molecule has 0 aliphatic heterocycles. The molecule has 0 aliphatic carbocycles. The van der Waals surface area contributed by atoms with E-state index >= 15 is 0 Å². The third kappa shape index (κ3) is 3.08. The van der Waals surface area contributed by atoms with Crippen LogP contribution in [0, 0.1) is 0 Å². The van der Waals surface area contributed by atoms with Gasteiger partial charge in [-0.25, -0.2) is 0 Å². The van der Waals surface area contributed by atoms with E-state index in [9.17, 15) is 9.90 Å². The first-order valence-electron chi connectivity index (χ1n) is 7.00. The Morgan fingerprint density at radius 1 is 1.15 bits per heavy atom. The first-order chi connectivity index (χ1) is 9.63. The van der Waals surface area contributed by atoms with Crippen molar-refractivity contribution < 1.29 is 9.90 Å². The highest BCUT2D eigenvalue weighted by molar-refractivity contribution is 5.87. The minimum Gasteiger partial charge on any atom is -0.508 e. The second-order valence-electron chi connectivity index (χ2n) is 5.10. The van der Waals surface area contributed by atoms with E-state index in [1.807, 2.05) is 24.3 Å². The van der Waals surface area contributed by atoms with Gasteiger partial charge in [0.1, 0.15) is 11.5 Å². The maximum Gasteiger partial charge on any atom is 0.141 e. The second kappa shape index (κ2) is 6.38. The molecular weight excluding hydrogens is 248 g/mol. The van der Waals surface area contributed by atoms with Gasteiger partial charge < -0.3 is 5.11 Å². The summed E-state index contributed by atoms with van der Waals surface area (Å²) < 4.78 is 0. The van der Waals surface area contributed by atoms with Crippen molar-refractivity contribution in [1.29, 1.82) is 0 Å². The number of benzene rings is 2. The quantitative estimate of drug-likeness (QED) is 0.887. The molecule has 0 bridgehead atoms. The lowest BCUT2D eigenvalue weighted by atomic mass is 9.86. The van der Waals surface area contributed by atoms with Crippen LogP contribution < -0.4 is 0 Å². The highest BCUT2D eigenvalue weighted by atomic mass is 16.3. The van der Waals surface area contributed by atoms with Gasteiger partial charge in [-0.1, -0.05) is 55.8 Å². The normalized spacial score (nSPS) is 12.1. The van der Waals surface area contributed by atoms with Crippen LogP contribution in [0.25, 0.3) is 0 Å². The predicted molar refractivity (Wildman–Crippen MR) is 81.1 cm³/mol. The molecule has 104 valence electrons. The minimum atomic E-state index is -0.395. The van der Waals surface area contributed by atoms with E-state index in [2.05, 4.69) is 19.1 Å². The van der Waals surface area contributed by atoms with E-state index in [1.165, 1.54) is 5.56 Å². The van der Waals surface area contributed by atoms with E-state index in [0.29, 0.717) is 5.56 Å². The van der Waals surface area contributed by atoms with Crippen LogP contribution in [0.15, 0.2) is 48.5 Å². The first-order valence-corrected chi connectivity index (χ1v) is 7.00. The number of hydrogen-bond donors (Lipinski definition) is 1. The van der Waals surface area contributed by atoms with E-state index in [0.717, 1.165) is 18.4 Å². The van der Waals surface area contributed by atoms with Crippen molar-refractivity contribution in [2.45, 2.75) is 32.6 Å². The van der Waals surface area contributed by atoms with Crippen LogP contribution in [0.1, 0.15) is 42.9 Å². The Balaban J connectivity index is 2.47. The summed E-state index contributed by atoms with van der Waals surface area (Å²) in [6.07, 6.45) is 2.07. The lowest BCUT2D eigenvalue weighted by Gasteiger charge is -2.17. The van der Waals surface area contributed by atoms with Crippen molar-refractivity contribution >= 4 is 5.78 Å². The Bertz CT molecular complexity index is 602. The number of hydrogen-bond acceptors (Lipinski definition) is 2. The molecule has 1 unspecified atom stereocenters. The average Bonchev–Trinajstić information content (AvgIpc) is 2.42.